The third-order valence-electron chi connectivity index (χ3n) is 6.06. The lowest BCUT2D eigenvalue weighted by molar-refractivity contribution is 0.213. The molecule has 0 amide bonds. The van der Waals surface area contributed by atoms with Crippen molar-refractivity contribution in [3.8, 4) is 11.1 Å². The van der Waals surface area contributed by atoms with Crippen LogP contribution in [0.15, 0.2) is 89.4 Å². The van der Waals surface area contributed by atoms with Gasteiger partial charge in [-0.25, -0.2) is 0 Å². The van der Waals surface area contributed by atoms with Crippen molar-refractivity contribution in [2.75, 3.05) is 24.5 Å². The number of nitrogens with zero attached hydrogens (tertiary/aromatic N) is 3. The lowest BCUT2D eigenvalue weighted by Gasteiger charge is -2.36. The Morgan fingerprint density at radius 2 is 1.87 bits per heavy atom. The highest BCUT2D eigenvalue weighted by Gasteiger charge is 2.25. The first-order chi connectivity index (χ1) is 15.2. The van der Waals surface area contributed by atoms with E-state index in [1.54, 1.807) is 0 Å². The SMILES string of the molecule is C=CCN(CC)C(CC)CCN1c2ccccc2Sc2cc(-c3cccnc3)ccc21. The third kappa shape index (κ3) is 4.70. The second-order valence-corrected chi connectivity index (χ2v) is 8.96. The maximum atomic E-state index is 4.29. The summed E-state index contributed by atoms with van der Waals surface area (Å²) < 4.78 is 0. The second kappa shape index (κ2) is 10.2. The van der Waals surface area contributed by atoms with Crippen molar-refractivity contribution < 1.29 is 0 Å². The van der Waals surface area contributed by atoms with E-state index in [1.807, 2.05) is 36.3 Å². The van der Waals surface area contributed by atoms with Gasteiger partial charge in [-0.15, -0.1) is 6.58 Å². The van der Waals surface area contributed by atoms with Crippen molar-refractivity contribution in [1.29, 1.82) is 0 Å². The van der Waals surface area contributed by atoms with Gasteiger partial charge in [-0.1, -0.05) is 56.0 Å². The van der Waals surface area contributed by atoms with Gasteiger partial charge in [0.05, 0.1) is 11.4 Å². The molecule has 0 bridgehead atoms. The summed E-state index contributed by atoms with van der Waals surface area (Å²) in [6.45, 7) is 11.5. The summed E-state index contributed by atoms with van der Waals surface area (Å²) in [5.74, 6) is 0. The van der Waals surface area contributed by atoms with E-state index >= 15 is 0 Å². The van der Waals surface area contributed by atoms with Crippen LogP contribution in [0.3, 0.4) is 0 Å². The van der Waals surface area contributed by atoms with E-state index in [2.05, 4.69) is 83.7 Å². The van der Waals surface area contributed by atoms with Gasteiger partial charge in [0, 0.05) is 46.9 Å². The van der Waals surface area contributed by atoms with Crippen LogP contribution in [0.5, 0.6) is 0 Å². The number of hydrogen-bond donors (Lipinski definition) is 0. The Morgan fingerprint density at radius 3 is 2.61 bits per heavy atom. The van der Waals surface area contributed by atoms with Gasteiger partial charge in [-0.3, -0.25) is 9.88 Å². The zero-order valence-corrected chi connectivity index (χ0v) is 19.3. The molecule has 2 aromatic carbocycles. The second-order valence-electron chi connectivity index (χ2n) is 7.87. The van der Waals surface area contributed by atoms with E-state index in [1.165, 1.54) is 26.7 Å². The van der Waals surface area contributed by atoms with E-state index < -0.39 is 0 Å². The predicted octanol–water partition coefficient (Wildman–Crippen LogP) is 7.03. The van der Waals surface area contributed by atoms with Crippen molar-refractivity contribution in [3.63, 3.8) is 0 Å². The Labute approximate surface area is 190 Å². The summed E-state index contributed by atoms with van der Waals surface area (Å²) in [5, 5.41) is 0. The van der Waals surface area contributed by atoms with Gasteiger partial charge < -0.3 is 4.90 Å². The largest absolute Gasteiger partial charge is 0.340 e. The molecule has 4 rings (SSSR count). The molecule has 0 spiro atoms. The molecule has 1 atom stereocenters. The highest BCUT2D eigenvalue weighted by atomic mass is 32.2. The molecule has 1 unspecified atom stereocenters. The molecule has 31 heavy (non-hydrogen) atoms. The highest BCUT2D eigenvalue weighted by molar-refractivity contribution is 7.99. The maximum Gasteiger partial charge on any atom is 0.0553 e. The molecule has 0 fully saturated rings. The number of rotatable bonds is 9. The lowest BCUT2D eigenvalue weighted by Crippen LogP contribution is -2.37. The molecular weight excluding hydrogens is 398 g/mol. The Balaban J connectivity index is 1.64. The summed E-state index contributed by atoms with van der Waals surface area (Å²) in [7, 11) is 0. The average molecular weight is 430 g/mol. The number of para-hydroxylation sites is 1. The number of benzene rings is 2. The minimum Gasteiger partial charge on any atom is -0.340 e. The van der Waals surface area contributed by atoms with E-state index in [0.29, 0.717) is 6.04 Å². The number of fused-ring (bicyclic) bond motifs is 2. The fourth-order valence-corrected chi connectivity index (χ4v) is 5.55. The van der Waals surface area contributed by atoms with Crippen molar-refractivity contribution in [2.45, 2.75) is 42.5 Å². The fourth-order valence-electron chi connectivity index (χ4n) is 4.41. The van der Waals surface area contributed by atoms with Gasteiger partial charge in [0.2, 0.25) is 0 Å². The van der Waals surface area contributed by atoms with Crippen LogP contribution in [0, 0.1) is 0 Å². The summed E-state index contributed by atoms with van der Waals surface area (Å²) in [6, 6.07) is 20.3. The van der Waals surface area contributed by atoms with E-state index in [-0.39, 0.29) is 0 Å². The van der Waals surface area contributed by atoms with Crippen molar-refractivity contribution in [3.05, 3.63) is 79.6 Å². The third-order valence-corrected chi connectivity index (χ3v) is 7.18. The minimum atomic E-state index is 0.558. The first-order valence-electron chi connectivity index (χ1n) is 11.2. The summed E-state index contributed by atoms with van der Waals surface area (Å²) in [6.07, 6.45) is 8.06. The van der Waals surface area contributed by atoms with E-state index in [9.17, 15) is 0 Å². The van der Waals surface area contributed by atoms with Crippen LogP contribution in [0.2, 0.25) is 0 Å². The monoisotopic (exact) mass is 429 g/mol. The Kier molecular flexibility index (Phi) is 7.10. The molecule has 0 saturated heterocycles. The van der Waals surface area contributed by atoms with Crippen molar-refractivity contribution in [2.24, 2.45) is 0 Å². The molecule has 0 aliphatic carbocycles. The predicted molar refractivity (Wildman–Crippen MR) is 133 cm³/mol. The average Bonchev–Trinajstić information content (AvgIpc) is 2.83. The zero-order valence-electron chi connectivity index (χ0n) is 18.5. The Morgan fingerprint density at radius 1 is 1.03 bits per heavy atom. The minimum absolute atomic E-state index is 0.558. The van der Waals surface area contributed by atoms with Crippen LogP contribution >= 0.6 is 11.8 Å². The number of pyridine rings is 1. The van der Waals surface area contributed by atoms with E-state index in [4.69, 9.17) is 0 Å². The van der Waals surface area contributed by atoms with Crippen molar-refractivity contribution in [1.82, 2.24) is 9.88 Å². The number of anilines is 2. The van der Waals surface area contributed by atoms with Crippen LogP contribution in [-0.4, -0.2) is 35.6 Å². The van der Waals surface area contributed by atoms with Gasteiger partial charge in [0.25, 0.3) is 0 Å². The van der Waals surface area contributed by atoms with Gasteiger partial charge >= 0.3 is 0 Å². The van der Waals surface area contributed by atoms with Gasteiger partial charge in [-0.2, -0.15) is 0 Å². The summed E-state index contributed by atoms with van der Waals surface area (Å²) >= 11 is 1.87. The highest BCUT2D eigenvalue weighted by Crippen LogP contribution is 2.49. The van der Waals surface area contributed by atoms with Crippen LogP contribution in [0.4, 0.5) is 11.4 Å². The molecule has 1 aromatic heterocycles. The summed E-state index contributed by atoms with van der Waals surface area (Å²) in [5.41, 5.74) is 4.99. The molecular formula is C27H31N3S. The van der Waals surface area contributed by atoms with Crippen LogP contribution in [0.25, 0.3) is 11.1 Å². The van der Waals surface area contributed by atoms with Gasteiger partial charge in [0.15, 0.2) is 0 Å². The molecule has 0 radical (unpaired) electrons. The van der Waals surface area contributed by atoms with Crippen LogP contribution < -0.4 is 4.90 Å². The Hall–Kier alpha value is -2.56. The maximum absolute atomic E-state index is 4.29. The molecule has 160 valence electrons. The molecule has 1 aliphatic heterocycles. The lowest BCUT2D eigenvalue weighted by atomic mass is 10.1. The quantitative estimate of drug-likeness (QED) is 0.340. The zero-order chi connectivity index (χ0) is 21.6. The first kappa shape index (κ1) is 21.7. The molecule has 2 heterocycles. The molecule has 3 aromatic rings. The molecule has 1 aliphatic rings. The number of aromatic nitrogens is 1. The molecule has 4 heteroatoms. The van der Waals surface area contributed by atoms with E-state index in [0.717, 1.165) is 38.0 Å². The normalized spacial score (nSPS) is 13.6. The Bertz CT molecular complexity index is 1020. The van der Waals surface area contributed by atoms with Gasteiger partial charge in [0.1, 0.15) is 0 Å². The number of hydrogen-bond acceptors (Lipinski definition) is 4. The smallest absolute Gasteiger partial charge is 0.0553 e. The van der Waals surface area contributed by atoms with Crippen LogP contribution in [0.1, 0.15) is 26.7 Å². The fraction of sp³-hybridized carbons (Fsp3) is 0.296. The van der Waals surface area contributed by atoms with Crippen LogP contribution in [-0.2, 0) is 0 Å². The number of likely N-dealkylation sites (N-methyl/N-ethyl adjacent to an activating group) is 1. The van der Waals surface area contributed by atoms with Gasteiger partial charge in [-0.05, 0) is 55.3 Å². The first-order valence-corrected chi connectivity index (χ1v) is 12.0. The van der Waals surface area contributed by atoms with Crippen molar-refractivity contribution >= 4 is 23.1 Å². The molecule has 0 N–H and O–H groups in total. The topological polar surface area (TPSA) is 19.4 Å². The molecule has 3 nitrogen and oxygen atoms in total. The summed E-state index contributed by atoms with van der Waals surface area (Å²) in [4.78, 5) is 12.0. The standard InChI is InChI=1S/C27H31N3S/c1-4-17-29(6-3)23(5-2)15-18-30-24-11-7-8-12-26(24)31-27-19-21(13-14-25(27)30)22-10-9-16-28-20-22/h4,7-14,16,19-20,23H,1,5-6,15,17-18H2,2-3H3. The molecule has 0 saturated carbocycles.